The number of fused-ring (bicyclic) bond motifs is 1. The minimum Gasteiger partial charge on any atom is -0.460 e. The van der Waals surface area contributed by atoms with Gasteiger partial charge in [0.2, 0.25) is 17.7 Å². The number of aromatic amines is 1. The molecule has 1 aliphatic heterocycles. The molecule has 288 valence electrons. The molecule has 2 aromatic carbocycles. The summed E-state index contributed by atoms with van der Waals surface area (Å²) in [6.07, 6.45) is 0.0466. The number of cyclic esters (lactones) is 1. The molecule has 3 amide bonds. The van der Waals surface area contributed by atoms with Gasteiger partial charge in [0.05, 0.1) is 11.1 Å². The first-order chi connectivity index (χ1) is 24.8. The highest BCUT2D eigenvalue weighted by Gasteiger charge is 2.39. The fourth-order valence-corrected chi connectivity index (χ4v) is 7.27. The maximum atomic E-state index is 14.6. The normalized spacial score (nSPS) is 26.9. The van der Waals surface area contributed by atoms with Crippen LogP contribution in [0, 0.1) is 11.8 Å². The molecule has 1 aliphatic rings. The van der Waals surface area contributed by atoms with E-state index < -0.39 is 61.9 Å². The van der Waals surface area contributed by atoms with Gasteiger partial charge in [-0.1, -0.05) is 73.0 Å². The summed E-state index contributed by atoms with van der Waals surface area (Å²) in [7, 11) is -2.30. The molecule has 5 N–H and O–H groups in total. The fraction of sp³-hybridized carbons (Fsp3) is 0.444. The third-order valence-corrected chi connectivity index (χ3v) is 10.3. The van der Waals surface area contributed by atoms with Crippen molar-refractivity contribution in [2.45, 2.75) is 77.8 Å². The molecule has 0 fully saturated rings. The first-order valence-electron chi connectivity index (χ1n) is 16.9. The number of amides is 3. The summed E-state index contributed by atoms with van der Waals surface area (Å²) < 4.78 is 27.8. The quantitative estimate of drug-likeness (QED) is 0.125. The molecule has 0 aliphatic carbocycles. The molecule has 0 saturated carbocycles. The van der Waals surface area contributed by atoms with E-state index in [2.05, 4.69) is 20.1 Å². The second-order valence-corrected chi connectivity index (χ2v) is 15.3. The second kappa shape index (κ2) is 17.5. The summed E-state index contributed by atoms with van der Waals surface area (Å²) in [5.74, 6) is -3.63. The van der Waals surface area contributed by atoms with Crippen molar-refractivity contribution in [2.75, 3.05) is 14.2 Å². The average molecular weight is 796 g/mol. The zero-order valence-electron chi connectivity index (χ0n) is 30.4. The highest BCUT2D eigenvalue weighted by atomic mass is 35.5. The molecule has 0 spiro atoms. The second-order valence-electron chi connectivity index (χ2n) is 13.4. The molecule has 0 radical (unpaired) electrons. The summed E-state index contributed by atoms with van der Waals surface area (Å²) in [5.41, 5.74) is 2.30. The Hall–Kier alpha value is -3.91. The van der Waals surface area contributed by atoms with Crippen LogP contribution in [0.2, 0.25) is 10.2 Å². The van der Waals surface area contributed by atoms with Crippen LogP contribution in [0.3, 0.4) is 0 Å². The van der Waals surface area contributed by atoms with E-state index in [0.29, 0.717) is 17.5 Å². The zero-order chi connectivity index (χ0) is 39.4. The van der Waals surface area contributed by atoms with Crippen LogP contribution >= 0.6 is 31.0 Å². The van der Waals surface area contributed by atoms with Gasteiger partial charge in [0, 0.05) is 43.3 Å². The fourth-order valence-electron chi connectivity index (χ4n) is 6.29. The number of carbonyl (C=O) groups excluding carboxylic acids is 4. The van der Waals surface area contributed by atoms with Crippen LogP contribution in [0.1, 0.15) is 58.2 Å². The van der Waals surface area contributed by atoms with Gasteiger partial charge in [-0.2, -0.15) is 0 Å². The number of likely N-dealkylation sites (N-methyl/N-ethyl adjacent to an activating group) is 1. The van der Waals surface area contributed by atoms with Gasteiger partial charge in [-0.15, -0.1) is 0 Å². The minimum atomic E-state index is -4.99. The number of allylic oxidation sites excluding steroid dienone is 1. The smallest absolute Gasteiger partial charge is 0.460 e. The van der Waals surface area contributed by atoms with Crippen molar-refractivity contribution in [3.63, 3.8) is 0 Å². The van der Waals surface area contributed by atoms with Crippen molar-refractivity contribution in [3.8, 4) is 5.75 Å². The van der Waals surface area contributed by atoms with Crippen LogP contribution < -0.4 is 15.2 Å². The van der Waals surface area contributed by atoms with Crippen molar-refractivity contribution >= 4 is 65.6 Å². The average Bonchev–Trinajstić information content (AvgIpc) is 3.40. The number of aromatic nitrogens is 1. The van der Waals surface area contributed by atoms with Crippen LogP contribution in [-0.4, -0.2) is 81.8 Å². The largest absolute Gasteiger partial charge is 0.524 e. The monoisotopic (exact) mass is 794 g/mol. The van der Waals surface area contributed by atoms with Gasteiger partial charge in [-0.05, 0) is 56.5 Å². The van der Waals surface area contributed by atoms with Crippen molar-refractivity contribution in [3.05, 3.63) is 75.4 Å². The first-order valence-corrected chi connectivity index (χ1v) is 19.2. The number of H-pyrrole nitrogens is 1. The number of phosphoric acid groups is 1. The first kappa shape index (κ1) is 41.8. The Balaban J connectivity index is 1.86. The molecule has 0 saturated heterocycles. The van der Waals surface area contributed by atoms with E-state index in [1.54, 1.807) is 19.9 Å². The molecule has 0 bridgehead atoms. The van der Waals surface area contributed by atoms with E-state index in [1.165, 1.54) is 44.2 Å². The molecule has 1 aromatic heterocycles. The number of carbonyl (C=O) groups is 4. The van der Waals surface area contributed by atoms with Gasteiger partial charge in [0.1, 0.15) is 29.1 Å². The number of halogens is 2. The number of esters is 1. The van der Waals surface area contributed by atoms with Gasteiger partial charge < -0.3 is 34.5 Å². The van der Waals surface area contributed by atoms with Crippen LogP contribution in [0.25, 0.3) is 10.9 Å². The lowest BCUT2D eigenvalue weighted by Crippen LogP contribution is -2.56. The number of para-hydroxylation sites is 1. The molecule has 14 nitrogen and oxygen atoms in total. The van der Waals surface area contributed by atoms with Gasteiger partial charge in [0.25, 0.3) is 0 Å². The van der Waals surface area contributed by atoms with E-state index >= 15 is 0 Å². The highest BCUT2D eigenvalue weighted by Crippen LogP contribution is 2.42. The number of benzene rings is 2. The van der Waals surface area contributed by atoms with E-state index in [-0.39, 0.29) is 39.7 Å². The molecule has 3 aromatic rings. The SMILES string of the molecule is CO[C@@H]1C(=O)O[C@H](C)[C@@H](C)/C=C(/C)C[C@H](C)C(=O)N[C@@H](C)C(=O)N(C)[C@H](Cc2c(Cl)[nH]c3ccccc23)C(=O)NC1c1ccc(OP(=O)(O)O)c(Cl)c1. The summed E-state index contributed by atoms with van der Waals surface area (Å²) in [5, 5.41) is 6.36. The summed E-state index contributed by atoms with van der Waals surface area (Å²) >= 11 is 13.0. The Morgan fingerprint density at radius 1 is 1.00 bits per heavy atom. The third kappa shape index (κ3) is 10.4. The topological polar surface area (TPSA) is 197 Å². The molecule has 4 rings (SSSR count). The van der Waals surface area contributed by atoms with Crippen molar-refractivity contribution in [2.24, 2.45) is 11.8 Å². The molecular weight excluding hydrogens is 750 g/mol. The van der Waals surface area contributed by atoms with Crippen LogP contribution in [0.5, 0.6) is 5.75 Å². The Morgan fingerprint density at radius 2 is 1.68 bits per heavy atom. The Bertz CT molecular complexity index is 1930. The molecule has 53 heavy (non-hydrogen) atoms. The van der Waals surface area contributed by atoms with Crippen LogP contribution in [0.15, 0.2) is 54.1 Å². The Kier molecular flexibility index (Phi) is 13.8. The van der Waals surface area contributed by atoms with Crippen molar-refractivity contribution in [1.29, 1.82) is 0 Å². The van der Waals surface area contributed by atoms with E-state index in [9.17, 15) is 33.5 Å². The number of phosphoric ester groups is 1. The number of ether oxygens (including phenoxy) is 2. The molecule has 2 heterocycles. The number of hydrogen-bond acceptors (Lipinski definition) is 8. The van der Waals surface area contributed by atoms with E-state index in [4.69, 9.17) is 32.7 Å². The van der Waals surface area contributed by atoms with E-state index in [1.807, 2.05) is 38.1 Å². The minimum absolute atomic E-state index is 0.0861. The molecule has 1 unspecified atom stereocenters. The summed E-state index contributed by atoms with van der Waals surface area (Å²) in [4.78, 5) is 78.7. The Morgan fingerprint density at radius 3 is 2.32 bits per heavy atom. The van der Waals surface area contributed by atoms with Crippen molar-refractivity contribution in [1.82, 2.24) is 20.5 Å². The lowest BCUT2D eigenvalue weighted by molar-refractivity contribution is -0.164. The molecular formula is C36H45Cl2N4O10P. The number of nitrogens with zero attached hydrogens (tertiary/aromatic N) is 1. The molecule has 17 heteroatoms. The highest BCUT2D eigenvalue weighted by molar-refractivity contribution is 7.46. The lowest BCUT2D eigenvalue weighted by atomic mass is 9.95. The van der Waals surface area contributed by atoms with Crippen molar-refractivity contribution < 1.29 is 47.5 Å². The predicted molar refractivity (Wildman–Crippen MR) is 199 cm³/mol. The standard InChI is InChI=1S/C36H45Cl2N4O10P/c1-18-14-19(2)22(5)51-36(46)31(50-7)30(23-12-13-29(26(37)16-23)52-53(47,48)49)41-34(44)28(17-25-24-10-8-9-11-27(24)40-32(25)38)42(6)35(45)21(4)39-33(43)20(3)15-18/h8-14,16,19-22,28,30-31,40H,15,17H2,1-7H3,(H,39,43)(H,41,44)(H2,47,48,49)/b18-14-/t19-,20-,21-,22+,28+,30?,31-/m0/s1. The zero-order valence-corrected chi connectivity index (χ0v) is 32.8. The summed E-state index contributed by atoms with van der Waals surface area (Å²) in [6.45, 7) is 8.70. The maximum absolute atomic E-state index is 14.6. The maximum Gasteiger partial charge on any atom is 0.524 e. The van der Waals surface area contributed by atoms with E-state index in [0.717, 1.165) is 11.0 Å². The number of nitrogens with one attached hydrogen (secondary N) is 3. The molecule has 7 atom stereocenters. The lowest BCUT2D eigenvalue weighted by Gasteiger charge is -2.33. The van der Waals surface area contributed by atoms with Crippen LogP contribution in [0.4, 0.5) is 0 Å². The predicted octanol–water partition coefficient (Wildman–Crippen LogP) is 5.25. The summed E-state index contributed by atoms with van der Waals surface area (Å²) in [6, 6.07) is 7.45. The van der Waals surface area contributed by atoms with Crippen LogP contribution in [-0.2, 0) is 39.6 Å². The number of rotatable bonds is 6. The van der Waals surface area contributed by atoms with Gasteiger partial charge in [-0.25, -0.2) is 9.36 Å². The Labute approximate surface area is 317 Å². The third-order valence-electron chi connectivity index (χ3n) is 9.29. The van der Waals surface area contributed by atoms with Gasteiger partial charge in [0.15, 0.2) is 6.10 Å². The number of methoxy groups -OCH3 is 1. The van der Waals surface area contributed by atoms with Gasteiger partial charge >= 0.3 is 13.8 Å². The number of hydrogen-bond donors (Lipinski definition) is 5. The van der Waals surface area contributed by atoms with Gasteiger partial charge in [-0.3, -0.25) is 24.2 Å².